The molecule has 1 aromatic carbocycles. The van der Waals surface area contributed by atoms with Crippen molar-refractivity contribution in [3.05, 3.63) is 42.0 Å². The maximum atomic E-state index is 12.4. The number of hydrogen-bond acceptors (Lipinski definition) is 15. The number of anilines is 1. The molecular weight excluding hydrogens is 690 g/mol. The van der Waals surface area contributed by atoms with Crippen LogP contribution in [0.3, 0.4) is 0 Å². The predicted molar refractivity (Wildman–Crippen MR) is 179 cm³/mol. The van der Waals surface area contributed by atoms with Crippen molar-refractivity contribution in [1.29, 1.82) is 0 Å². The standard InChI is InChI=1S/C34H47N3O15/c38-29-4-5-30(39)36(29)28-3-1-2-27(26-28)34(43)35-9-11-45-13-15-47-17-19-49-21-23-51-25-24-50-22-20-48-18-16-46-14-12-44-10-8-33(42)52-37-31(40)6-7-32(37)41/h1-5,26H,6-25H2,(H,35,43). The third-order valence-electron chi connectivity index (χ3n) is 6.96. The summed E-state index contributed by atoms with van der Waals surface area (Å²) in [5.74, 6) is -2.99. The van der Waals surface area contributed by atoms with Crippen LogP contribution in [-0.4, -0.2) is 153 Å². The normalized spacial score (nSPS) is 14.2. The van der Waals surface area contributed by atoms with Crippen LogP contribution in [0.25, 0.3) is 0 Å². The van der Waals surface area contributed by atoms with E-state index in [1.54, 1.807) is 18.2 Å². The van der Waals surface area contributed by atoms with Crippen LogP contribution >= 0.6 is 0 Å². The van der Waals surface area contributed by atoms with Crippen LogP contribution in [0.5, 0.6) is 0 Å². The second-order valence-corrected chi connectivity index (χ2v) is 10.8. The van der Waals surface area contributed by atoms with E-state index in [1.807, 2.05) is 0 Å². The van der Waals surface area contributed by atoms with E-state index in [-0.39, 0.29) is 44.9 Å². The molecule has 1 fully saturated rings. The number of amides is 5. The van der Waals surface area contributed by atoms with E-state index < -0.39 is 29.6 Å². The average Bonchev–Trinajstić information content (AvgIpc) is 3.65. The van der Waals surface area contributed by atoms with Gasteiger partial charge in [0.1, 0.15) is 0 Å². The minimum atomic E-state index is -0.710. The first-order valence-electron chi connectivity index (χ1n) is 17.0. The highest BCUT2D eigenvalue weighted by atomic mass is 16.7. The maximum Gasteiger partial charge on any atom is 0.335 e. The van der Waals surface area contributed by atoms with Gasteiger partial charge < -0.3 is 48.0 Å². The van der Waals surface area contributed by atoms with Crippen molar-refractivity contribution in [3.8, 4) is 0 Å². The number of hydroxylamine groups is 2. The Kier molecular flexibility index (Phi) is 20.9. The van der Waals surface area contributed by atoms with E-state index in [4.69, 9.17) is 42.7 Å². The minimum absolute atomic E-state index is 0.0497. The van der Waals surface area contributed by atoms with Crippen molar-refractivity contribution in [2.24, 2.45) is 0 Å². The Morgan fingerprint density at radius 1 is 0.577 bits per heavy atom. The molecule has 1 N–H and O–H groups in total. The predicted octanol–water partition coefficient (Wildman–Crippen LogP) is -0.0241. The van der Waals surface area contributed by atoms with Crippen molar-refractivity contribution in [1.82, 2.24) is 10.4 Å². The van der Waals surface area contributed by atoms with Crippen LogP contribution in [0.15, 0.2) is 36.4 Å². The van der Waals surface area contributed by atoms with Gasteiger partial charge in [0.25, 0.3) is 29.5 Å². The summed E-state index contributed by atoms with van der Waals surface area (Å²) >= 11 is 0. The van der Waals surface area contributed by atoms with Gasteiger partial charge in [0.15, 0.2) is 0 Å². The molecule has 18 nitrogen and oxygen atoms in total. The van der Waals surface area contributed by atoms with E-state index in [2.05, 4.69) is 5.32 Å². The number of nitrogens with zero attached hydrogens (tertiary/aromatic N) is 2. The molecule has 0 saturated carbocycles. The average molecular weight is 738 g/mol. The summed E-state index contributed by atoms with van der Waals surface area (Å²) in [6.07, 6.45) is 2.39. The summed E-state index contributed by atoms with van der Waals surface area (Å²) in [4.78, 5) is 76.3. The summed E-state index contributed by atoms with van der Waals surface area (Å²) in [7, 11) is 0. The summed E-state index contributed by atoms with van der Waals surface area (Å²) < 4.78 is 43.3. The van der Waals surface area contributed by atoms with Crippen LogP contribution in [0.1, 0.15) is 29.6 Å². The van der Waals surface area contributed by atoms with Gasteiger partial charge in [-0.25, -0.2) is 9.69 Å². The number of carbonyl (C=O) groups excluding carboxylic acids is 6. The van der Waals surface area contributed by atoms with E-state index in [0.717, 1.165) is 4.90 Å². The first-order chi connectivity index (χ1) is 25.4. The molecule has 288 valence electrons. The highest BCUT2D eigenvalue weighted by Crippen LogP contribution is 2.20. The fraction of sp³-hybridized carbons (Fsp3) is 0.588. The third-order valence-corrected chi connectivity index (χ3v) is 6.96. The van der Waals surface area contributed by atoms with Crippen LogP contribution < -0.4 is 10.2 Å². The van der Waals surface area contributed by atoms with Gasteiger partial charge >= 0.3 is 5.97 Å². The number of benzene rings is 1. The van der Waals surface area contributed by atoms with E-state index in [0.29, 0.717) is 109 Å². The van der Waals surface area contributed by atoms with Crippen molar-refractivity contribution >= 4 is 41.2 Å². The second kappa shape index (κ2) is 25.8. The van der Waals surface area contributed by atoms with Crippen LogP contribution in [-0.2, 0) is 66.7 Å². The van der Waals surface area contributed by atoms with Gasteiger partial charge in [-0.15, -0.1) is 5.06 Å². The Bertz CT molecular complexity index is 1290. The topological polar surface area (TPSA) is 204 Å². The highest BCUT2D eigenvalue weighted by Gasteiger charge is 2.32. The fourth-order valence-electron chi connectivity index (χ4n) is 4.38. The number of ether oxygens (including phenoxy) is 8. The Morgan fingerprint density at radius 3 is 1.46 bits per heavy atom. The lowest BCUT2D eigenvalue weighted by molar-refractivity contribution is -0.198. The lowest BCUT2D eigenvalue weighted by Crippen LogP contribution is -2.32. The van der Waals surface area contributed by atoms with Gasteiger partial charge in [0.2, 0.25) is 0 Å². The first kappa shape index (κ1) is 42.3. The van der Waals surface area contributed by atoms with Crippen molar-refractivity contribution in [2.75, 3.05) is 117 Å². The summed E-state index contributed by atoms with van der Waals surface area (Å²) in [5, 5.41) is 3.24. The molecule has 2 heterocycles. The molecule has 0 radical (unpaired) electrons. The van der Waals surface area contributed by atoms with Gasteiger partial charge in [-0.1, -0.05) is 6.07 Å². The SMILES string of the molecule is O=C(CCOCCOCCOCCOCCOCCOCCOCCOCCNC(=O)c1cccc(N2C(=O)C=CC2=O)c1)ON1C(=O)CCC1=O. The van der Waals surface area contributed by atoms with Gasteiger partial charge in [0.05, 0.1) is 118 Å². The van der Waals surface area contributed by atoms with Crippen molar-refractivity contribution < 1.29 is 71.5 Å². The van der Waals surface area contributed by atoms with E-state index in [9.17, 15) is 28.8 Å². The molecule has 0 aromatic heterocycles. The Morgan fingerprint density at radius 2 is 1.00 bits per heavy atom. The first-order valence-corrected chi connectivity index (χ1v) is 17.0. The summed E-state index contributed by atoms with van der Waals surface area (Å²) in [6, 6.07) is 6.28. The maximum absolute atomic E-state index is 12.4. The van der Waals surface area contributed by atoms with Crippen LogP contribution in [0, 0.1) is 0 Å². The summed E-state index contributed by atoms with van der Waals surface area (Å²) in [5.41, 5.74) is 0.661. The number of hydrogen-bond donors (Lipinski definition) is 1. The molecule has 2 aliphatic heterocycles. The zero-order chi connectivity index (χ0) is 37.2. The Hall–Kier alpha value is -4.14. The van der Waals surface area contributed by atoms with Crippen molar-refractivity contribution in [2.45, 2.75) is 19.3 Å². The second-order valence-electron chi connectivity index (χ2n) is 10.8. The molecule has 18 heteroatoms. The summed E-state index contributed by atoms with van der Waals surface area (Å²) in [6.45, 7) is 6.11. The minimum Gasteiger partial charge on any atom is -0.378 e. The number of carbonyl (C=O) groups is 6. The number of nitrogens with one attached hydrogen (secondary N) is 1. The monoisotopic (exact) mass is 737 g/mol. The fourth-order valence-corrected chi connectivity index (χ4v) is 4.38. The van der Waals surface area contributed by atoms with Crippen LogP contribution in [0.2, 0.25) is 0 Å². The molecule has 1 saturated heterocycles. The molecule has 3 rings (SSSR count). The van der Waals surface area contributed by atoms with Crippen LogP contribution in [0.4, 0.5) is 5.69 Å². The highest BCUT2D eigenvalue weighted by molar-refractivity contribution is 6.28. The van der Waals surface area contributed by atoms with E-state index >= 15 is 0 Å². The van der Waals surface area contributed by atoms with Gasteiger partial charge in [0, 0.05) is 37.1 Å². The van der Waals surface area contributed by atoms with E-state index in [1.165, 1.54) is 18.2 Å². The molecular formula is C34H47N3O15. The third kappa shape index (κ3) is 16.9. The molecule has 0 spiro atoms. The molecule has 0 atom stereocenters. The largest absolute Gasteiger partial charge is 0.378 e. The number of imide groups is 2. The molecule has 0 aliphatic carbocycles. The molecule has 52 heavy (non-hydrogen) atoms. The lowest BCUT2D eigenvalue weighted by Gasteiger charge is -2.14. The zero-order valence-electron chi connectivity index (χ0n) is 29.1. The number of rotatable bonds is 30. The van der Waals surface area contributed by atoms with Gasteiger partial charge in [-0.05, 0) is 18.2 Å². The Balaban J connectivity index is 0.975. The smallest absolute Gasteiger partial charge is 0.335 e. The quantitative estimate of drug-likeness (QED) is 0.0814. The molecule has 0 bridgehead atoms. The molecule has 2 aliphatic rings. The molecule has 1 aromatic rings. The van der Waals surface area contributed by atoms with Crippen molar-refractivity contribution in [3.63, 3.8) is 0 Å². The molecule has 5 amide bonds. The zero-order valence-corrected chi connectivity index (χ0v) is 29.1. The Labute approximate surface area is 301 Å². The molecule has 0 unspecified atom stereocenters. The van der Waals surface area contributed by atoms with Gasteiger partial charge in [-0.3, -0.25) is 24.0 Å². The van der Waals surface area contributed by atoms with Gasteiger partial charge in [-0.2, -0.15) is 0 Å². The lowest BCUT2D eigenvalue weighted by atomic mass is 10.1.